The summed E-state index contributed by atoms with van der Waals surface area (Å²) in [7, 11) is 0. The third-order valence-corrected chi connectivity index (χ3v) is 2.91. The van der Waals surface area contributed by atoms with E-state index in [0.717, 1.165) is 18.8 Å². The van der Waals surface area contributed by atoms with Gasteiger partial charge in [0.1, 0.15) is 5.75 Å². The second kappa shape index (κ2) is 3.62. The molecule has 1 atom stereocenters. The van der Waals surface area contributed by atoms with E-state index in [2.05, 4.69) is 26.0 Å². The second-order valence-electron chi connectivity index (χ2n) is 4.06. The predicted octanol–water partition coefficient (Wildman–Crippen LogP) is 1.99. The van der Waals surface area contributed by atoms with Crippen LogP contribution < -0.4 is 10.5 Å². The number of ether oxygens (including phenoxy) is 1. The largest absolute Gasteiger partial charge is 0.493 e. The van der Waals surface area contributed by atoms with E-state index in [0.29, 0.717) is 12.5 Å². The topological polar surface area (TPSA) is 35.2 Å². The van der Waals surface area contributed by atoms with Crippen molar-refractivity contribution in [1.82, 2.24) is 0 Å². The molecule has 0 amide bonds. The minimum Gasteiger partial charge on any atom is -0.493 e. The van der Waals surface area contributed by atoms with E-state index in [1.807, 2.05) is 0 Å². The van der Waals surface area contributed by atoms with Crippen molar-refractivity contribution in [2.45, 2.75) is 26.2 Å². The summed E-state index contributed by atoms with van der Waals surface area (Å²) in [6.45, 7) is 5.81. The number of aryl methyl sites for hydroxylation is 1. The van der Waals surface area contributed by atoms with Gasteiger partial charge in [0, 0.05) is 6.42 Å². The predicted molar refractivity (Wildman–Crippen MR) is 57.8 cm³/mol. The van der Waals surface area contributed by atoms with E-state index in [-0.39, 0.29) is 0 Å². The first-order valence-electron chi connectivity index (χ1n) is 5.18. The summed E-state index contributed by atoms with van der Waals surface area (Å²) in [5.41, 5.74) is 9.60. The van der Waals surface area contributed by atoms with Crippen LogP contribution in [0.15, 0.2) is 12.1 Å². The van der Waals surface area contributed by atoms with Crippen molar-refractivity contribution < 1.29 is 4.74 Å². The molecule has 1 aliphatic heterocycles. The standard InChI is InChI=1S/C12H17NO/c1-8-5-11(9(2)7-13)6-10-3-4-14-12(8)10/h5-6,9H,3-4,7,13H2,1-2H3. The molecule has 1 heterocycles. The van der Waals surface area contributed by atoms with Gasteiger partial charge in [-0.3, -0.25) is 0 Å². The number of hydrogen-bond donors (Lipinski definition) is 1. The van der Waals surface area contributed by atoms with Crippen LogP contribution in [0.5, 0.6) is 5.75 Å². The first kappa shape index (κ1) is 9.53. The summed E-state index contributed by atoms with van der Waals surface area (Å²) in [4.78, 5) is 0. The maximum atomic E-state index is 5.67. The van der Waals surface area contributed by atoms with Crippen molar-refractivity contribution in [2.24, 2.45) is 5.73 Å². The molecule has 2 nitrogen and oxygen atoms in total. The number of hydrogen-bond acceptors (Lipinski definition) is 2. The van der Waals surface area contributed by atoms with Gasteiger partial charge in [0.15, 0.2) is 0 Å². The Bertz CT molecular complexity index is 346. The van der Waals surface area contributed by atoms with Crippen LogP contribution in [0.4, 0.5) is 0 Å². The summed E-state index contributed by atoms with van der Waals surface area (Å²) in [5, 5.41) is 0. The van der Waals surface area contributed by atoms with E-state index in [4.69, 9.17) is 10.5 Å². The molecule has 0 aliphatic carbocycles. The van der Waals surface area contributed by atoms with Gasteiger partial charge in [-0.1, -0.05) is 19.1 Å². The lowest BCUT2D eigenvalue weighted by molar-refractivity contribution is 0.354. The van der Waals surface area contributed by atoms with Gasteiger partial charge in [0.2, 0.25) is 0 Å². The van der Waals surface area contributed by atoms with Crippen LogP contribution in [0.1, 0.15) is 29.5 Å². The number of fused-ring (bicyclic) bond motifs is 1. The number of nitrogens with two attached hydrogens (primary N) is 1. The van der Waals surface area contributed by atoms with E-state index in [9.17, 15) is 0 Å². The van der Waals surface area contributed by atoms with E-state index < -0.39 is 0 Å². The monoisotopic (exact) mass is 191 g/mol. The fourth-order valence-electron chi connectivity index (χ4n) is 1.95. The molecule has 0 spiro atoms. The van der Waals surface area contributed by atoms with Crippen molar-refractivity contribution in [2.75, 3.05) is 13.2 Å². The normalized spacial score (nSPS) is 16.2. The molecule has 0 aromatic heterocycles. The zero-order valence-corrected chi connectivity index (χ0v) is 8.84. The summed E-state index contributed by atoms with van der Waals surface area (Å²) in [6.07, 6.45) is 1.04. The molecule has 1 aromatic rings. The molecular formula is C12H17NO. The molecule has 0 bridgehead atoms. The first-order valence-corrected chi connectivity index (χ1v) is 5.18. The Morgan fingerprint density at radius 1 is 1.50 bits per heavy atom. The fourth-order valence-corrected chi connectivity index (χ4v) is 1.95. The molecule has 2 N–H and O–H groups in total. The molecule has 1 aromatic carbocycles. The van der Waals surface area contributed by atoms with Gasteiger partial charge in [-0.15, -0.1) is 0 Å². The lowest BCUT2D eigenvalue weighted by Gasteiger charge is -2.12. The van der Waals surface area contributed by atoms with E-state index >= 15 is 0 Å². The van der Waals surface area contributed by atoms with Crippen molar-refractivity contribution in [3.63, 3.8) is 0 Å². The highest BCUT2D eigenvalue weighted by molar-refractivity contribution is 5.47. The average molecular weight is 191 g/mol. The van der Waals surface area contributed by atoms with Gasteiger partial charge < -0.3 is 10.5 Å². The zero-order chi connectivity index (χ0) is 10.1. The third-order valence-electron chi connectivity index (χ3n) is 2.91. The first-order chi connectivity index (χ1) is 6.72. The fraction of sp³-hybridized carbons (Fsp3) is 0.500. The minimum absolute atomic E-state index is 0.444. The lowest BCUT2D eigenvalue weighted by atomic mass is 9.96. The van der Waals surface area contributed by atoms with Crippen LogP contribution in [0.25, 0.3) is 0 Å². The second-order valence-corrected chi connectivity index (χ2v) is 4.06. The van der Waals surface area contributed by atoms with Crippen LogP contribution in [0.2, 0.25) is 0 Å². The molecule has 76 valence electrons. The smallest absolute Gasteiger partial charge is 0.125 e. The molecular weight excluding hydrogens is 174 g/mol. The van der Waals surface area contributed by atoms with Crippen molar-refractivity contribution in [1.29, 1.82) is 0 Å². The van der Waals surface area contributed by atoms with Crippen LogP contribution >= 0.6 is 0 Å². The van der Waals surface area contributed by atoms with Gasteiger partial charge in [0.05, 0.1) is 6.61 Å². The van der Waals surface area contributed by atoms with Gasteiger partial charge in [0.25, 0.3) is 0 Å². The van der Waals surface area contributed by atoms with Gasteiger partial charge >= 0.3 is 0 Å². The van der Waals surface area contributed by atoms with Gasteiger partial charge in [-0.25, -0.2) is 0 Å². The van der Waals surface area contributed by atoms with Crippen LogP contribution in [0, 0.1) is 6.92 Å². The Kier molecular flexibility index (Phi) is 2.46. The molecule has 1 unspecified atom stereocenters. The summed E-state index contributed by atoms with van der Waals surface area (Å²) in [5.74, 6) is 1.54. The lowest BCUT2D eigenvalue weighted by Crippen LogP contribution is -2.09. The Hall–Kier alpha value is -1.02. The quantitative estimate of drug-likeness (QED) is 0.776. The highest BCUT2D eigenvalue weighted by atomic mass is 16.5. The summed E-state index contributed by atoms with van der Waals surface area (Å²) in [6, 6.07) is 4.44. The molecule has 0 fully saturated rings. The highest BCUT2D eigenvalue weighted by Gasteiger charge is 2.16. The van der Waals surface area contributed by atoms with Crippen molar-refractivity contribution in [3.8, 4) is 5.75 Å². The summed E-state index contributed by atoms with van der Waals surface area (Å²) >= 11 is 0. The number of benzene rings is 1. The van der Waals surface area contributed by atoms with Crippen molar-refractivity contribution >= 4 is 0 Å². The Labute approximate surface area is 85.1 Å². The minimum atomic E-state index is 0.444. The number of rotatable bonds is 2. The highest BCUT2D eigenvalue weighted by Crippen LogP contribution is 2.32. The average Bonchev–Trinajstić information content (AvgIpc) is 2.64. The molecule has 2 heteroatoms. The molecule has 14 heavy (non-hydrogen) atoms. The van der Waals surface area contributed by atoms with Crippen LogP contribution in [-0.4, -0.2) is 13.2 Å². The van der Waals surface area contributed by atoms with Crippen LogP contribution in [0.3, 0.4) is 0 Å². The van der Waals surface area contributed by atoms with Gasteiger partial charge in [-0.05, 0) is 36.1 Å². The maximum absolute atomic E-state index is 5.67. The maximum Gasteiger partial charge on any atom is 0.125 e. The molecule has 0 saturated carbocycles. The third kappa shape index (κ3) is 1.50. The van der Waals surface area contributed by atoms with E-state index in [1.54, 1.807) is 0 Å². The van der Waals surface area contributed by atoms with E-state index in [1.165, 1.54) is 16.7 Å². The Balaban J connectivity index is 2.41. The van der Waals surface area contributed by atoms with Gasteiger partial charge in [-0.2, -0.15) is 0 Å². The molecule has 1 aliphatic rings. The zero-order valence-electron chi connectivity index (χ0n) is 8.84. The SMILES string of the molecule is Cc1cc(C(C)CN)cc2c1OCC2. The summed E-state index contributed by atoms with van der Waals surface area (Å²) < 4.78 is 5.57. The molecule has 0 saturated heterocycles. The molecule has 0 radical (unpaired) electrons. The van der Waals surface area contributed by atoms with Crippen LogP contribution in [-0.2, 0) is 6.42 Å². The molecule has 2 rings (SSSR count). The van der Waals surface area contributed by atoms with Crippen molar-refractivity contribution in [3.05, 3.63) is 28.8 Å². The Morgan fingerprint density at radius 3 is 3.00 bits per heavy atom. The Morgan fingerprint density at radius 2 is 2.29 bits per heavy atom.